The summed E-state index contributed by atoms with van der Waals surface area (Å²) >= 11 is 1.37. The van der Waals surface area contributed by atoms with Crippen LogP contribution >= 0.6 is 11.8 Å². The summed E-state index contributed by atoms with van der Waals surface area (Å²) in [6.07, 6.45) is 0.482. The lowest BCUT2D eigenvalue weighted by Crippen LogP contribution is -2.52. The Hall–Kier alpha value is -1.60. The molecule has 1 aromatic rings. The highest BCUT2D eigenvalue weighted by atomic mass is 32.2. The van der Waals surface area contributed by atoms with Crippen LogP contribution in [0.5, 0.6) is 0 Å². The Bertz CT molecular complexity index is 509. The number of nitrogens with one attached hydrogen (secondary N) is 1. The molecule has 0 fully saturated rings. The number of carbonyl (C=O) groups excluding carboxylic acids is 1. The van der Waals surface area contributed by atoms with Gasteiger partial charge in [0, 0.05) is 11.3 Å². The van der Waals surface area contributed by atoms with Crippen LogP contribution in [-0.4, -0.2) is 28.7 Å². The predicted octanol–water partition coefficient (Wildman–Crippen LogP) is 1.93. The number of benzene rings is 1. The van der Waals surface area contributed by atoms with Gasteiger partial charge in [-0.2, -0.15) is 0 Å². The monoisotopic (exact) mass is 297 g/mol. The van der Waals surface area contributed by atoms with E-state index in [0.717, 1.165) is 0 Å². The highest BCUT2D eigenvalue weighted by Gasteiger charge is 2.31. The van der Waals surface area contributed by atoms with Crippen molar-refractivity contribution in [2.45, 2.75) is 36.0 Å². The predicted molar refractivity (Wildman–Crippen MR) is 79.7 cm³/mol. The van der Waals surface area contributed by atoms with Gasteiger partial charge in [0.05, 0.1) is 15.4 Å². The minimum absolute atomic E-state index is 0.000972. The summed E-state index contributed by atoms with van der Waals surface area (Å²) in [5, 5.41) is 13.9. The van der Waals surface area contributed by atoms with Gasteiger partial charge in [-0.15, -0.1) is 11.8 Å². The van der Waals surface area contributed by atoms with E-state index in [1.54, 1.807) is 32.2 Å². The number of nitro groups is 1. The molecule has 0 saturated heterocycles. The maximum Gasteiger partial charge on any atom is 0.282 e. The average Bonchev–Trinajstić information content (AvgIpc) is 2.38. The van der Waals surface area contributed by atoms with Gasteiger partial charge >= 0.3 is 0 Å². The molecule has 2 atom stereocenters. The Kier molecular flexibility index (Phi) is 5.52. The van der Waals surface area contributed by atoms with Crippen molar-refractivity contribution < 1.29 is 9.72 Å². The third-order valence-corrected chi connectivity index (χ3v) is 4.35. The summed E-state index contributed by atoms with van der Waals surface area (Å²) in [6, 6.07) is 6.57. The summed E-state index contributed by atoms with van der Waals surface area (Å²) < 4.78 is 0. The van der Waals surface area contributed by atoms with E-state index in [2.05, 4.69) is 5.32 Å². The van der Waals surface area contributed by atoms with Gasteiger partial charge in [-0.25, -0.2) is 0 Å². The molecule has 1 amide bonds. The minimum atomic E-state index is -0.823. The van der Waals surface area contributed by atoms with Crippen molar-refractivity contribution in [3.05, 3.63) is 34.4 Å². The fourth-order valence-electron chi connectivity index (χ4n) is 1.87. The first kappa shape index (κ1) is 16.5. The number of nitro benzene ring substituents is 1. The fraction of sp³-hybridized carbons (Fsp3) is 0.462. The molecule has 0 aliphatic heterocycles. The number of amides is 1. The maximum atomic E-state index is 11.5. The molecule has 0 aliphatic carbocycles. The van der Waals surface area contributed by atoms with E-state index in [0.29, 0.717) is 11.3 Å². The standard InChI is InChI=1S/C13H19N3O3S/c1-9(8-13(2,15-3)12(14)17)20-11-7-5-4-6-10(11)16(18)19/h4-7,9,15H,8H2,1-3H3,(H2,14,17). The van der Waals surface area contributed by atoms with Crippen LogP contribution in [0.3, 0.4) is 0 Å². The molecule has 0 heterocycles. The number of hydrogen-bond acceptors (Lipinski definition) is 5. The quantitative estimate of drug-likeness (QED) is 0.455. The molecule has 1 rings (SSSR count). The normalized spacial score (nSPS) is 15.3. The van der Waals surface area contributed by atoms with Crippen molar-refractivity contribution >= 4 is 23.4 Å². The number of carbonyl (C=O) groups is 1. The van der Waals surface area contributed by atoms with Crippen molar-refractivity contribution in [3.63, 3.8) is 0 Å². The minimum Gasteiger partial charge on any atom is -0.368 e. The second-order valence-corrected chi connectivity index (χ2v) is 6.28. The van der Waals surface area contributed by atoms with Crippen molar-refractivity contribution in [2.24, 2.45) is 5.73 Å². The van der Waals surface area contributed by atoms with E-state index >= 15 is 0 Å². The van der Waals surface area contributed by atoms with E-state index < -0.39 is 16.4 Å². The zero-order chi connectivity index (χ0) is 15.3. The van der Waals surface area contributed by atoms with Gasteiger partial charge in [0.25, 0.3) is 5.69 Å². The fourth-order valence-corrected chi connectivity index (χ4v) is 3.14. The molecule has 0 aromatic heterocycles. The molecule has 20 heavy (non-hydrogen) atoms. The molecular weight excluding hydrogens is 278 g/mol. The summed E-state index contributed by atoms with van der Waals surface area (Å²) in [6.45, 7) is 3.64. The summed E-state index contributed by atoms with van der Waals surface area (Å²) in [5.41, 5.74) is 4.64. The van der Waals surface area contributed by atoms with Gasteiger partial charge in [-0.1, -0.05) is 19.1 Å². The number of hydrogen-bond donors (Lipinski definition) is 2. The first-order valence-corrected chi connectivity index (χ1v) is 7.07. The molecule has 3 N–H and O–H groups in total. The zero-order valence-corrected chi connectivity index (χ0v) is 12.6. The third-order valence-electron chi connectivity index (χ3n) is 3.18. The van der Waals surface area contributed by atoms with Crippen LogP contribution < -0.4 is 11.1 Å². The highest BCUT2D eigenvalue weighted by Crippen LogP contribution is 2.34. The SMILES string of the molecule is CNC(C)(CC(C)Sc1ccccc1[N+](=O)[O-])C(N)=O. The molecule has 0 spiro atoms. The number of nitrogens with two attached hydrogens (primary N) is 1. The van der Waals surface area contributed by atoms with Gasteiger partial charge in [0.2, 0.25) is 5.91 Å². The van der Waals surface area contributed by atoms with E-state index in [1.807, 2.05) is 6.92 Å². The molecule has 0 aliphatic rings. The summed E-state index contributed by atoms with van der Waals surface area (Å²) in [4.78, 5) is 22.6. The van der Waals surface area contributed by atoms with Crippen LogP contribution in [0.25, 0.3) is 0 Å². The molecule has 0 radical (unpaired) electrons. The number of primary amides is 1. The number of thioether (sulfide) groups is 1. The zero-order valence-electron chi connectivity index (χ0n) is 11.8. The van der Waals surface area contributed by atoms with Gasteiger partial charge in [-0.05, 0) is 26.5 Å². The lowest BCUT2D eigenvalue weighted by molar-refractivity contribution is -0.387. The Morgan fingerprint density at radius 2 is 2.15 bits per heavy atom. The van der Waals surface area contributed by atoms with Crippen LogP contribution in [0.15, 0.2) is 29.2 Å². The first-order chi connectivity index (χ1) is 9.30. The van der Waals surface area contributed by atoms with Gasteiger partial charge in [0.15, 0.2) is 0 Å². The summed E-state index contributed by atoms with van der Waals surface area (Å²) in [5.74, 6) is -0.435. The first-order valence-electron chi connectivity index (χ1n) is 6.19. The van der Waals surface area contributed by atoms with Crippen molar-refractivity contribution in [2.75, 3.05) is 7.05 Å². The van der Waals surface area contributed by atoms with Gasteiger partial charge in [0.1, 0.15) is 0 Å². The lowest BCUT2D eigenvalue weighted by atomic mass is 9.95. The molecule has 7 heteroatoms. The van der Waals surface area contributed by atoms with E-state index in [4.69, 9.17) is 5.73 Å². The molecule has 6 nitrogen and oxygen atoms in total. The average molecular weight is 297 g/mol. The van der Waals surface area contributed by atoms with Crippen LogP contribution in [-0.2, 0) is 4.79 Å². The maximum absolute atomic E-state index is 11.5. The third kappa shape index (κ3) is 3.94. The second-order valence-electron chi connectivity index (χ2n) is 4.80. The molecule has 110 valence electrons. The van der Waals surface area contributed by atoms with Crippen molar-refractivity contribution in [3.8, 4) is 0 Å². The number of rotatable bonds is 7. The summed E-state index contributed by atoms with van der Waals surface area (Å²) in [7, 11) is 1.67. The second kappa shape index (κ2) is 6.71. The number of nitrogens with zero attached hydrogens (tertiary/aromatic N) is 1. The Morgan fingerprint density at radius 1 is 1.55 bits per heavy atom. The molecule has 1 aromatic carbocycles. The van der Waals surface area contributed by atoms with Crippen LogP contribution in [0, 0.1) is 10.1 Å². The van der Waals surface area contributed by atoms with E-state index in [9.17, 15) is 14.9 Å². The Labute approximate surface area is 122 Å². The van der Waals surface area contributed by atoms with E-state index in [1.165, 1.54) is 17.8 Å². The van der Waals surface area contributed by atoms with Crippen molar-refractivity contribution in [1.82, 2.24) is 5.32 Å². The Morgan fingerprint density at radius 3 is 2.65 bits per heavy atom. The van der Waals surface area contributed by atoms with E-state index in [-0.39, 0.29) is 10.9 Å². The topological polar surface area (TPSA) is 98.3 Å². The van der Waals surface area contributed by atoms with Gasteiger partial charge < -0.3 is 11.1 Å². The lowest BCUT2D eigenvalue weighted by Gasteiger charge is -2.28. The molecule has 0 saturated carbocycles. The molecule has 2 unspecified atom stereocenters. The number of para-hydroxylation sites is 1. The van der Waals surface area contributed by atoms with Crippen molar-refractivity contribution in [1.29, 1.82) is 0 Å². The largest absolute Gasteiger partial charge is 0.368 e. The molecule has 0 bridgehead atoms. The Balaban J connectivity index is 2.84. The number of likely N-dealkylation sites (N-methyl/N-ethyl adjacent to an activating group) is 1. The van der Waals surface area contributed by atoms with Gasteiger partial charge in [-0.3, -0.25) is 14.9 Å². The highest BCUT2D eigenvalue weighted by molar-refractivity contribution is 8.00. The van der Waals surface area contributed by atoms with Crippen LogP contribution in [0.4, 0.5) is 5.69 Å². The van der Waals surface area contributed by atoms with Crippen LogP contribution in [0.2, 0.25) is 0 Å². The molecular formula is C13H19N3O3S. The smallest absolute Gasteiger partial charge is 0.282 e. The van der Waals surface area contributed by atoms with Crippen LogP contribution in [0.1, 0.15) is 20.3 Å².